The highest BCUT2D eigenvalue weighted by Crippen LogP contribution is 2.30. The molecule has 1 aliphatic rings. The lowest BCUT2D eigenvalue weighted by Crippen LogP contribution is -2.45. The molecule has 0 aromatic heterocycles. The summed E-state index contributed by atoms with van der Waals surface area (Å²) in [5, 5.41) is 6.96. The largest absolute Gasteiger partial charge is 0.497 e. The molecule has 28 heavy (non-hydrogen) atoms. The number of hydrogen-bond donors (Lipinski definition) is 2. The van der Waals surface area contributed by atoms with E-state index in [0.29, 0.717) is 6.04 Å². The van der Waals surface area contributed by atoms with Crippen LogP contribution >= 0.6 is 0 Å². The van der Waals surface area contributed by atoms with Crippen molar-refractivity contribution >= 4 is 11.6 Å². The minimum atomic E-state index is 0.355. The number of ether oxygens (including phenoxy) is 2. The highest BCUT2D eigenvalue weighted by Gasteiger charge is 2.25. The maximum absolute atomic E-state index is 5.50. The average Bonchev–Trinajstić information content (AvgIpc) is 3.21. The third-order valence-electron chi connectivity index (χ3n) is 5.02. The van der Waals surface area contributed by atoms with Gasteiger partial charge in [-0.05, 0) is 42.7 Å². The molecule has 1 unspecified atom stereocenters. The van der Waals surface area contributed by atoms with E-state index in [1.165, 1.54) is 5.56 Å². The summed E-state index contributed by atoms with van der Waals surface area (Å²) in [4.78, 5) is 6.74. The van der Waals surface area contributed by atoms with Gasteiger partial charge in [0.1, 0.15) is 11.5 Å². The Bertz CT molecular complexity index is 794. The topological polar surface area (TPSA) is 58.1 Å². The summed E-state index contributed by atoms with van der Waals surface area (Å²) >= 11 is 0. The van der Waals surface area contributed by atoms with Crippen molar-refractivity contribution in [2.24, 2.45) is 4.99 Å². The summed E-state index contributed by atoms with van der Waals surface area (Å²) in [5.41, 5.74) is 2.39. The molecular weight excluding hydrogens is 352 g/mol. The lowest BCUT2D eigenvalue weighted by Gasteiger charge is -2.22. The van der Waals surface area contributed by atoms with E-state index >= 15 is 0 Å². The van der Waals surface area contributed by atoms with Gasteiger partial charge in [0.15, 0.2) is 5.96 Å². The first-order chi connectivity index (χ1) is 13.7. The second-order valence-electron chi connectivity index (χ2n) is 6.85. The van der Waals surface area contributed by atoms with Crippen molar-refractivity contribution in [3.8, 4) is 11.5 Å². The molecule has 0 bridgehead atoms. The number of guanidine groups is 1. The van der Waals surface area contributed by atoms with Gasteiger partial charge in [0.2, 0.25) is 0 Å². The summed E-state index contributed by atoms with van der Waals surface area (Å²) < 4.78 is 10.8. The van der Waals surface area contributed by atoms with Crippen molar-refractivity contribution in [1.82, 2.24) is 10.6 Å². The maximum atomic E-state index is 5.50. The number of hydrogen-bond acceptors (Lipinski definition) is 4. The zero-order valence-electron chi connectivity index (χ0n) is 16.9. The first kappa shape index (κ1) is 19.9. The third kappa shape index (κ3) is 5.09. The first-order valence-corrected chi connectivity index (χ1v) is 9.71. The first-order valence-electron chi connectivity index (χ1n) is 9.71. The fourth-order valence-corrected chi connectivity index (χ4v) is 3.53. The van der Waals surface area contributed by atoms with Crippen LogP contribution in [-0.4, -0.2) is 52.9 Å². The summed E-state index contributed by atoms with van der Waals surface area (Å²) in [5.74, 6) is 2.65. The lowest BCUT2D eigenvalue weighted by atomic mass is 10.1. The van der Waals surface area contributed by atoms with Gasteiger partial charge >= 0.3 is 0 Å². The van der Waals surface area contributed by atoms with Crippen molar-refractivity contribution < 1.29 is 9.47 Å². The van der Waals surface area contributed by atoms with E-state index in [-0.39, 0.29) is 0 Å². The Morgan fingerprint density at radius 3 is 2.79 bits per heavy atom. The number of benzene rings is 2. The van der Waals surface area contributed by atoms with Gasteiger partial charge in [0, 0.05) is 32.7 Å². The molecule has 1 aliphatic heterocycles. The predicted molar refractivity (Wildman–Crippen MR) is 115 cm³/mol. The zero-order chi connectivity index (χ0) is 19.8. The van der Waals surface area contributed by atoms with Crippen molar-refractivity contribution in [1.29, 1.82) is 0 Å². The number of rotatable bonds is 7. The van der Waals surface area contributed by atoms with Crippen LogP contribution in [0.5, 0.6) is 11.5 Å². The van der Waals surface area contributed by atoms with Gasteiger partial charge in [-0.15, -0.1) is 0 Å². The smallest absolute Gasteiger partial charge is 0.191 e. The maximum Gasteiger partial charge on any atom is 0.191 e. The minimum Gasteiger partial charge on any atom is -0.497 e. The molecule has 150 valence electrons. The van der Waals surface area contributed by atoms with Crippen LogP contribution < -0.4 is 25.0 Å². The van der Waals surface area contributed by atoms with Crippen molar-refractivity contribution in [2.75, 3.05) is 45.8 Å². The minimum absolute atomic E-state index is 0.355. The molecule has 1 atom stereocenters. The molecule has 6 nitrogen and oxygen atoms in total. The summed E-state index contributed by atoms with van der Waals surface area (Å²) in [6.07, 6.45) is 1.98. The Morgan fingerprint density at radius 2 is 2.00 bits per heavy atom. The summed E-state index contributed by atoms with van der Waals surface area (Å²) in [7, 11) is 5.23. The number of nitrogens with zero attached hydrogens (tertiary/aromatic N) is 2. The van der Waals surface area contributed by atoms with Crippen molar-refractivity contribution in [3.63, 3.8) is 0 Å². The fourth-order valence-electron chi connectivity index (χ4n) is 3.53. The van der Waals surface area contributed by atoms with Gasteiger partial charge in [0.05, 0.1) is 19.9 Å². The molecule has 3 rings (SSSR count). The van der Waals surface area contributed by atoms with Crippen LogP contribution in [0.2, 0.25) is 0 Å². The molecular formula is C22H30N4O2. The summed E-state index contributed by atoms with van der Waals surface area (Å²) in [6.45, 7) is 2.74. The van der Waals surface area contributed by atoms with Crippen molar-refractivity contribution in [3.05, 3.63) is 54.1 Å². The average molecular weight is 383 g/mol. The van der Waals surface area contributed by atoms with E-state index < -0.39 is 0 Å². The van der Waals surface area contributed by atoms with Crippen LogP contribution in [0.3, 0.4) is 0 Å². The summed E-state index contributed by atoms with van der Waals surface area (Å²) in [6, 6.07) is 16.7. The monoisotopic (exact) mass is 382 g/mol. The number of anilines is 1. The Morgan fingerprint density at radius 1 is 1.14 bits per heavy atom. The highest BCUT2D eigenvalue weighted by atomic mass is 16.5. The molecule has 0 radical (unpaired) electrons. The zero-order valence-corrected chi connectivity index (χ0v) is 16.9. The Balaban J connectivity index is 1.48. The normalized spacial score (nSPS) is 16.8. The molecule has 1 saturated heterocycles. The van der Waals surface area contributed by atoms with E-state index in [9.17, 15) is 0 Å². The highest BCUT2D eigenvalue weighted by molar-refractivity contribution is 5.80. The predicted octanol–water partition coefficient (Wildman–Crippen LogP) is 2.69. The van der Waals surface area contributed by atoms with Gasteiger partial charge in [-0.2, -0.15) is 0 Å². The molecule has 1 fully saturated rings. The van der Waals surface area contributed by atoms with Crippen LogP contribution in [0.15, 0.2) is 53.5 Å². The second-order valence-corrected chi connectivity index (χ2v) is 6.85. The standard InChI is InChI=1S/C22H30N4O2/c1-23-22(24-13-11-17-7-6-8-19(15-17)27-2)25-18-12-14-26(16-18)20-9-4-5-10-21(20)28-3/h4-10,15,18H,11-14,16H2,1-3H3,(H2,23,24,25). The quantitative estimate of drug-likeness (QED) is 0.570. The van der Waals surface area contributed by atoms with E-state index in [0.717, 1.165) is 55.6 Å². The van der Waals surface area contributed by atoms with Crippen molar-refractivity contribution in [2.45, 2.75) is 18.9 Å². The Kier molecular flexibility index (Phi) is 7.00. The Hall–Kier alpha value is -2.89. The van der Waals surface area contributed by atoms with Crippen LogP contribution in [0, 0.1) is 0 Å². The van der Waals surface area contributed by atoms with Gasteiger partial charge < -0.3 is 25.0 Å². The second kappa shape index (κ2) is 9.88. The van der Waals surface area contributed by atoms with E-state index in [1.54, 1.807) is 14.2 Å². The van der Waals surface area contributed by atoms with Crippen LogP contribution in [0.25, 0.3) is 0 Å². The van der Waals surface area contributed by atoms with E-state index in [1.807, 2.05) is 31.3 Å². The molecule has 2 aromatic carbocycles. The number of methoxy groups -OCH3 is 2. The molecule has 0 saturated carbocycles. The molecule has 2 aromatic rings. The van der Waals surface area contributed by atoms with E-state index in [4.69, 9.17) is 9.47 Å². The van der Waals surface area contributed by atoms with Gasteiger partial charge in [-0.3, -0.25) is 4.99 Å². The SMILES string of the molecule is CN=C(NCCc1cccc(OC)c1)NC1CCN(c2ccccc2OC)C1. The van der Waals surface area contributed by atoms with Gasteiger partial charge in [-0.1, -0.05) is 24.3 Å². The van der Waals surface area contributed by atoms with E-state index in [2.05, 4.69) is 44.8 Å². The molecule has 0 amide bonds. The molecule has 0 spiro atoms. The number of nitrogens with one attached hydrogen (secondary N) is 2. The number of para-hydroxylation sites is 2. The van der Waals surface area contributed by atoms with Crippen LogP contribution in [0.1, 0.15) is 12.0 Å². The van der Waals surface area contributed by atoms with Gasteiger partial charge in [-0.25, -0.2) is 0 Å². The Labute approximate surface area is 167 Å². The molecule has 2 N–H and O–H groups in total. The van der Waals surface area contributed by atoms with Crippen LogP contribution in [0.4, 0.5) is 5.69 Å². The van der Waals surface area contributed by atoms with Gasteiger partial charge in [0.25, 0.3) is 0 Å². The number of aliphatic imine (C=N–C) groups is 1. The lowest BCUT2D eigenvalue weighted by molar-refractivity contribution is 0.414. The fraction of sp³-hybridized carbons (Fsp3) is 0.409. The van der Waals surface area contributed by atoms with Crippen LogP contribution in [-0.2, 0) is 6.42 Å². The molecule has 6 heteroatoms. The molecule has 1 heterocycles. The molecule has 0 aliphatic carbocycles. The third-order valence-corrected chi connectivity index (χ3v) is 5.02.